The molecule has 0 aliphatic rings. The third-order valence-electron chi connectivity index (χ3n) is 3.46. The van der Waals surface area contributed by atoms with Gasteiger partial charge in [0.05, 0.1) is 11.3 Å². The minimum atomic E-state index is -4.35. The summed E-state index contributed by atoms with van der Waals surface area (Å²) in [7, 11) is 1.81. The van der Waals surface area contributed by atoms with E-state index in [0.717, 1.165) is 29.9 Å². The zero-order valence-electron chi connectivity index (χ0n) is 12.0. The van der Waals surface area contributed by atoms with E-state index in [9.17, 15) is 13.2 Å². The molecule has 21 heavy (non-hydrogen) atoms. The first kappa shape index (κ1) is 15.6. The highest BCUT2D eigenvalue weighted by Gasteiger charge is 2.30. The van der Waals surface area contributed by atoms with Crippen molar-refractivity contribution in [1.82, 2.24) is 9.78 Å². The van der Waals surface area contributed by atoms with Crippen LogP contribution in [-0.2, 0) is 26.1 Å². The lowest BCUT2D eigenvalue weighted by Gasteiger charge is -2.14. The number of hydrogen-bond donors (Lipinski definition) is 1. The van der Waals surface area contributed by atoms with Gasteiger partial charge in [-0.2, -0.15) is 18.3 Å². The van der Waals surface area contributed by atoms with Crippen LogP contribution in [0.3, 0.4) is 0 Å². The Kier molecular flexibility index (Phi) is 4.37. The summed E-state index contributed by atoms with van der Waals surface area (Å²) < 4.78 is 39.9. The Labute approximate surface area is 121 Å². The lowest BCUT2D eigenvalue weighted by Crippen LogP contribution is -2.16. The molecule has 1 heterocycles. The average molecular weight is 297 g/mol. The molecule has 0 saturated carbocycles. The van der Waals surface area contributed by atoms with Crippen molar-refractivity contribution in [3.63, 3.8) is 0 Å². The number of aromatic nitrogens is 2. The maximum atomic E-state index is 12.7. The van der Waals surface area contributed by atoms with E-state index >= 15 is 0 Å². The van der Waals surface area contributed by atoms with Crippen molar-refractivity contribution < 1.29 is 13.2 Å². The standard InChI is InChI=1S/C15H18F3N3/c1-3-12-8-13(21(2)20-12)9-14(19)10-5-4-6-11(7-10)15(16,17)18/h4-8,14H,3,9,19H2,1-2H3. The highest BCUT2D eigenvalue weighted by Crippen LogP contribution is 2.30. The molecule has 0 saturated heterocycles. The van der Waals surface area contributed by atoms with Gasteiger partial charge in [-0.15, -0.1) is 0 Å². The van der Waals surface area contributed by atoms with Crippen molar-refractivity contribution in [2.45, 2.75) is 32.0 Å². The molecule has 0 aliphatic heterocycles. The second-order valence-corrected chi connectivity index (χ2v) is 5.04. The van der Waals surface area contributed by atoms with Crippen molar-refractivity contribution in [3.8, 4) is 0 Å². The SMILES string of the molecule is CCc1cc(CC(N)c2cccc(C(F)(F)F)c2)n(C)n1. The third-order valence-corrected chi connectivity index (χ3v) is 3.46. The van der Waals surface area contributed by atoms with Crippen LogP contribution in [0.2, 0.25) is 0 Å². The number of nitrogens with two attached hydrogens (primary N) is 1. The fraction of sp³-hybridized carbons (Fsp3) is 0.400. The molecule has 0 spiro atoms. The van der Waals surface area contributed by atoms with E-state index in [2.05, 4.69) is 5.10 Å². The van der Waals surface area contributed by atoms with Crippen molar-refractivity contribution in [3.05, 3.63) is 52.8 Å². The number of halogens is 3. The smallest absolute Gasteiger partial charge is 0.324 e. The van der Waals surface area contributed by atoms with Crippen LogP contribution in [-0.4, -0.2) is 9.78 Å². The molecule has 2 rings (SSSR count). The van der Waals surface area contributed by atoms with E-state index in [-0.39, 0.29) is 0 Å². The van der Waals surface area contributed by atoms with Gasteiger partial charge in [0.15, 0.2) is 0 Å². The molecule has 0 amide bonds. The Hall–Kier alpha value is -1.82. The molecule has 1 unspecified atom stereocenters. The monoisotopic (exact) mass is 297 g/mol. The van der Waals surface area contributed by atoms with Crippen molar-refractivity contribution in [1.29, 1.82) is 0 Å². The van der Waals surface area contributed by atoms with Gasteiger partial charge in [-0.3, -0.25) is 4.68 Å². The molecule has 0 bridgehead atoms. The molecule has 6 heteroatoms. The van der Waals surface area contributed by atoms with Crippen LogP contribution in [0.4, 0.5) is 13.2 Å². The summed E-state index contributed by atoms with van der Waals surface area (Å²) in [6, 6.07) is 6.62. The zero-order chi connectivity index (χ0) is 15.6. The van der Waals surface area contributed by atoms with Crippen LogP contribution >= 0.6 is 0 Å². The van der Waals surface area contributed by atoms with Gasteiger partial charge >= 0.3 is 6.18 Å². The Balaban J connectivity index is 2.20. The summed E-state index contributed by atoms with van der Waals surface area (Å²) in [6.45, 7) is 2.00. The minimum Gasteiger partial charge on any atom is -0.324 e. The molecule has 1 atom stereocenters. The van der Waals surface area contributed by atoms with Gasteiger partial charge in [0.2, 0.25) is 0 Å². The number of aryl methyl sites for hydroxylation is 2. The first-order valence-corrected chi connectivity index (χ1v) is 6.75. The zero-order valence-corrected chi connectivity index (χ0v) is 12.0. The fourth-order valence-corrected chi connectivity index (χ4v) is 2.22. The van der Waals surface area contributed by atoms with Crippen LogP contribution in [0.1, 0.15) is 35.5 Å². The molecule has 2 aromatic rings. The van der Waals surface area contributed by atoms with Crippen LogP contribution in [0.25, 0.3) is 0 Å². The average Bonchev–Trinajstić information content (AvgIpc) is 2.78. The van der Waals surface area contributed by atoms with Crippen molar-refractivity contribution in [2.75, 3.05) is 0 Å². The summed E-state index contributed by atoms with van der Waals surface area (Å²) >= 11 is 0. The van der Waals surface area contributed by atoms with E-state index in [1.807, 2.05) is 20.0 Å². The van der Waals surface area contributed by atoms with Gasteiger partial charge in [0.1, 0.15) is 0 Å². The van der Waals surface area contributed by atoms with Gasteiger partial charge in [-0.25, -0.2) is 0 Å². The molecular weight excluding hydrogens is 279 g/mol. The second-order valence-electron chi connectivity index (χ2n) is 5.04. The van der Waals surface area contributed by atoms with Crippen LogP contribution in [0.15, 0.2) is 30.3 Å². The van der Waals surface area contributed by atoms with Crippen molar-refractivity contribution >= 4 is 0 Å². The summed E-state index contributed by atoms with van der Waals surface area (Å²) in [5.74, 6) is 0. The Bertz CT molecular complexity index is 617. The predicted molar refractivity (Wildman–Crippen MR) is 74.7 cm³/mol. The number of nitrogens with zero attached hydrogens (tertiary/aromatic N) is 2. The van der Waals surface area contributed by atoms with Crippen LogP contribution < -0.4 is 5.73 Å². The molecule has 0 radical (unpaired) electrons. The van der Waals surface area contributed by atoms with Crippen LogP contribution in [0.5, 0.6) is 0 Å². The van der Waals surface area contributed by atoms with E-state index in [4.69, 9.17) is 5.73 Å². The highest BCUT2D eigenvalue weighted by molar-refractivity contribution is 5.29. The molecular formula is C15H18F3N3. The maximum absolute atomic E-state index is 12.7. The molecule has 0 fully saturated rings. The first-order chi connectivity index (χ1) is 9.81. The summed E-state index contributed by atoms with van der Waals surface area (Å²) in [5.41, 5.74) is 7.72. The van der Waals surface area contributed by atoms with E-state index < -0.39 is 17.8 Å². The van der Waals surface area contributed by atoms with Gasteiger partial charge in [-0.05, 0) is 30.2 Å². The topological polar surface area (TPSA) is 43.8 Å². The van der Waals surface area contributed by atoms with E-state index in [0.29, 0.717) is 12.0 Å². The Morgan fingerprint density at radius 1 is 1.29 bits per heavy atom. The largest absolute Gasteiger partial charge is 0.416 e. The lowest BCUT2D eigenvalue weighted by molar-refractivity contribution is -0.137. The Morgan fingerprint density at radius 2 is 2.00 bits per heavy atom. The minimum absolute atomic E-state index is 0.449. The number of benzene rings is 1. The normalized spacial score (nSPS) is 13.4. The molecule has 2 N–H and O–H groups in total. The van der Waals surface area contributed by atoms with Gasteiger partial charge in [0, 0.05) is 25.2 Å². The molecule has 1 aromatic carbocycles. The number of rotatable bonds is 4. The molecule has 3 nitrogen and oxygen atoms in total. The van der Waals surface area contributed by atoms with Crippen molar-refractivity contribution in [2.24, 2.45) is 12.8 Å². The number of hydrogen-bond acceptors (Lipinski definition) is 2. The van der Waals surface area contributed by atoms with Gasteiger partial charge < -0.3 is 5.73 Å². The quantitative estimate of drug-likeness (QED) is 0.941. The number of alkyl halides is 3. The van der Waals surface area contributed by atoms with Gasteiger partial charge in [0.25, 0.3) is 0 Å². The first-order valence-electron chi connectivity index (χ1n) is 6.75. The Morgan fingerprint density at radius 3 is 2.57 bits per heavy atom. The molecule has 0 aliphatic carbocycles. The third kappa shape index (κ3) is 3.64. The summed E-state index contributed by atoms with van der Waals surface area (Å²) in [6.07, 6.45) is -3.09. The highest BCUT2D eigenvalue weighted by atomic mass is 19.4. The van der Waals surface area contributed by atoms with E-state index in [1.165, 1.54) is 6.07 Å². The molecule has 1 aromatic heterocycles. The molecule has 114 valence electrons. The summed E-state index contributed by atoms with van der Waals surface area (Å²) in [4.78, 5) is 0. The predicted octanol–water partition coefficient (Wildman–Crippen LogP) is 3.24. The van der Waals surface area contributed by atoms with Gasteiger partial charge in [-0.1, -0.05) is 19.1 Å². The second kappa shape index (κ2) is 5.89. The lowest BCUT2D eigenvalue weighted by atomic mass is 10.0. The summed E-state index contributed by atoms with van der Waals surface area (Å²) in [5, 5.41) is 4.31. The maximum Gasteiger partial charge on any atom is 0.416 e. The fourth-order valence-electron chi connectivity index (χ4n) is 2.22. The van der Waals surface area contributed by atoms with Crippen LogP contribution in [0, 0.1) is 0 Å². The van der Waals surface area contributed by atoms with E-state index in [1.54, 1.807) is 10.7 Å².